The highest BCUT2D eigenvalue weighted by Crippen LogP contribution is 2.54. The Hall–Kier alpha value is -1.84. The fourth-order valence-electron chi connectivity index (χ4n) is 3.56. The number of hydrogen-bond donors (Lipinski definition) is 0. The van der Waals surface area contributed by atoms with E-state index in [0.717, 1.165) is 30.3 Å². The van der Waals surface area contributed by atoms with Crippen LogP contribution in [0.15, 0.2) is 36.4 Å². The number of carbonyl (C=O) groups excluding carboxylic acids is 1. The van der Waals surface area contributed by atoms with E-state index in [-0.39, 0.29) is 33.5 Å². The fraction of sp³-hybridized carbons (Fsp3) is 0.348. The van der Waals surface area contributed by atoms with Crippen molar-refractivity contribution < 1.29 is 39.9 Å². The van der Waals surface area contributed by atoms with Crippen LogP contribution in [0.3, 0.4) is 0 Å². The van der Waals surface area contributed by atoms with Gasteiger partial charge < -0.3 is 0 Å². The Morgan fingerprint density at radius 3 is 2.00 bits per heavy atom. The average Bonchev–Trinajstić information content (AvgIpc) is 3.51. The number of Topliss-reactive ketones (excluding diaryl/α,β-unsaturated/α-hetero) is 1. The summed E-state index contributed by atoms with van der Waals surface area (Å²) in [6, 6.07) is 4.18. The summed E-state index contributed by atoms with van der Waals surface area (Å²) in [7, 11) is 0. The molecule has 0 saturated heterocycles. The van der Waals surface area contributed by atoms with Gasteiger partial charge in [-0.25, -0.2) is 8.78 Å². The lowest BCUT2D eigenvalue weighted by Gasteiger charge is -2.19. The molecule has 1 fully saturated rings. The van der Waals surface area contributed by atoms with Crippen molar-refractivity contribution in [1.82, 2.24) is 0 Å². The van der Waals surface area contributed by atoms with Gasteiger partial charge in [-0.3, -0.25) is 4.79 Å². The second kappa shape index (κ2) is 9.90. The van der Waals surface area contributed by atoms with E-state index < -0.39 is 59.0 Å². The normalized spacial score (nSPS) is 16.7. The molecule has 2 aromatic carbocycles. The molecule has 1 nitrogen and oxygen atoms in total. The Bertz CT molecular complexity index is 1130. The third-order valence-electron chi connectivity index (χ3n) is 5.72. The third-order valence-corrected chi connectivity index (χ3v) is 6.91. The molecule has 0 spiro atoms. The highest BCUT2D eigenvalue weighted by molar-refractivity contribution is 6.48. The van der Waals surface area contributed by atoms with Crippen molar-refractivity contribution in [2.24, 2.45) is 5.41 Å². The molecule has 0 radical (unpaired) electrons. The highest BCUT2D eigenvalue weighted by Gasteiger charge is 2.52. The predicted molar refractivity (Wildman–Crippen MR) is 117 cm³/mol. The van der Waals surface area contributed by atoms with Gasteiger partial charge in [0.1, 0.15) is 0 Å². The molecule has 1 saturated carbocycles. The maximum absolute atomic E-state index is 13.7. The SMILES string of the molecule is O=C(CC1(C(F)F)CC1)c1ccc(/C=C/C(c2cc(Cl)c(Cl)c(Cl)c2)C(F)(F)F)cc1C(F)(F)F. The van der Waals surface area contributed by atoms with E-state index >= 15 is 0 Å². The maximum atomic E-state index is 13.7. The molecule has 12 heteroatoms. The van der Waals surface area contributed by atoms with Crippen LogP contribution in [0.25, 0.3) is 6.08 Å². The Kier molecular flexibility index (Phi) is 7.85. The maximum Gasteiger partial charge on any atom is 0.417 e. The van der Waals surface area contributed by atoms with E-state index in [9.17, 15) is 39.9 Å². The van der Waals surface area contributed by atoms with Gasteiger partial charge in [-0.2, -0.15) is 26.3 Å². The van der Waals surface area contributed by atoms with Gasteiger partial charge in [0.25, 0.3) is 0 Å². The summed E-state index contributed by atoms with van der Waals surface area (Å²) in [4.78, 5) is 12.4. The molecule has 0 N–H and O–H groups in total. The molecule has 0 amide bonds. The van der Waals surface area contributed by atoms with Crippen LogP contribution >= 0.6 is 34.8 Å². The minimum Gasteiger partial charge on any atom is -0.294 e. The molecule has 1 unspecified atom stereocenters. The molecule has 3 rings (SSSR count). The molecule has 0 bridgehead atoms. The van der Waals surface area contributed by atoms with Crippen molar-refractivity contribution in [3.63, 3.8) is 0 Å². The van der Waals surface area contributed by atoms with Crippen LogP contribution in [0.1, 0.15) is 52.2 Å². The van der Waals surface area contributed by atoms with Crippen molar-refractivity contribution in [2.45, 2.75) is 44.0 Å². The first-order valence-corrected chi connectivity index (χ1v) is 11.1. The predicted octanol–water partition coefficient (Wildman–Crippen LogP) is 9.64. The van der Waals surface area contributed by atoms with Gasteiger partial charge in [-0.05, 0) is 42.2 Å². The number of carbonyl (C=O) groups is 1. The van der Waals surface area contributed by atoms with Crippen LogP contribution in [0.5, 0.6) is 0 Å². The highest BCUT2D eigenvalue weighted by atomic mass is 35.5. The average molecular weight is 566 g/mol. The van der Waals surface area contributed by atoms with Crippen LogP contribution in [0.4, 0.5) is 35.1 Å². The van der Waals surface area contributed by atoms with E-state index in [0.29, 0.717) is 12.1 Å². The van der Waals surface area contributed by atoms with Gasteiger partial charge in [0, 0.05) is 17.4 Å². The minimum atomic E-state index is -5.04. The van der Waals surface area contributed by atoms with Crippen LogP contribution in [-0.4, -0.2) is 18.4 Å². The van der Waals surface area contributed by atoms with E-state index in [1.54, 1.807) is 0 Å². The van der Waals surface area contributed by atoms with E-state index in [4.69, 9.17) is 34.8 Å². The summed E-state index contributed by atoms with van der Waals surface area (Å²) in [5, 5.41) is -0.635. The number of halogens is 11. The van der Waals surface area contributed by atoms with Crippen LogP contribution in [0.2, 0.25) is 15.1 Å². The summed E-state index contributed by atoms with van der Waals surface area (Å²) in [6.45, 7) is 0. The number of benzene rings is 2. The standard InChI is InChI=1S/C23H15Cl3F8O/c24-16-8-12(9-17(25)19(16)26)14(22(29,30)31)4-2-11-1-3-13(15(7-11)23(32,33)34)18(35)10-21(5-6-21)20(27)28/h1-4,7-9,14,20H,5-6,10H2/b4-2+. The van der Waals surface area contributed by atoms with E-state index in [1.807, 2.05) is 0 Å². The van der Waals surface area contributed by atoms with Crippen molar-refractivity contribution in [3.8, 4) is 0 Å². The Morgan fingerprint density at radius 2 is 1.54 bits per heavy atom. The second-order valence-corrected chi connectivity index (χ2v) is 9.44. The first-order chi connectivity index (χ1) is 16.0. The Balaban J connectivity index is 1.97. The molecule has 1 aliphatic rings. The molecule has 190 valence electrons. The fourth-order valence-corrected chi connectivity index (χ4v) is 4.18. The number of alkyl halides is 8. The molecule has 1 atom stereocenters. The van der Waals surface area contributed by atoms with Crippen molar-refractivity contribution in [3.05, 3.63) is 73.7 Å². The van der Waals surface area contributed by atoms with E-state index in [1.165, 1.54) is 0 Å². The second-order valence-electron chi connectivity index (χ2n) is 8.24. The summed E-state index contributed by atoms with van der Waals surface area (Å²) in [6.07, 6.45) is -12.0. The number of rotatable bonds is 7. The Labute approximate surface area is 209 Å². The summed E-state index contributed by atoms with van der Waals surface area (Å²) in [5.41, 5.74) is -4.54. The monoisotopic (exact) mass is 564 g/mol. The lowest BCUT2D eigenvalue weighted by atomic mass is 9.91. The first kappa shape index (κ1) is 27.7. The zero-order valence-electron chi connectivity index (χ0n) is 17.4. The molecule has 0 aromatic heterocycles. The molecule has 35 heavy (non-hydrogen) atoms. The topological polar surface area (TPSA) is 17.1 Å². The van der Waals surface area contributed by atoms with Gasteiger partial charge in [0.05, 0.1) is 26.5 Å². The number of hydrogen-bond acceptors (Lipinski definition) is 1. The third kappa shape index (κ3) is 6.30. The van der Waals surface area contributed by atoms with Gasteiger partial charge in [0.15, 0.2) is 5.78 Å². The number of ketones is 1. The number of allylic oxidation sites excluding steroid dienone is 1. The van der Waals surface area contributed by atoms with Gasteiger partial charge in [-0.15, -0.1) is 0 Å². The van der Waals surface area contributed by atoms with Gasteiger partial charge in [0.2, 0.25) is 6.43 Å². The quantitative estimate of drug-likeness (QED) is 0.186. The molecular weight excluding hydrogens is 551 g/mol. The van der Waals surface area contributed by atoms with Gasteiger partial charge >= 0.3 is 12.4 Å². The van der Waals surface area contributed by atoms with Crippen LogP contribution < -0.4 is 0 Å². The lowest BCUT2D eigenvalue weighted by Crippen LogP contribution is -2.20. The smallest absolute Gasteiger partial charge is 0.294 e. The summed E-state index contributed by atoms with van der Waals surface area (Å²) >= 11 is 17.4. The molecule has 0 aliphatic heterocycles. The summed E-state index contributed by atoms with van der Waals surface area (Å²) < 4.78 is 108. The van der Waals surface area contributed by atoms with Crippen LogP contribution in [0, 0.1) is 5.41 Å². The molecule has 0 heterocycles. The molecule has 1 aliphatic carbocycles. The zero-order chi connectivity index (χ0) is 26.3. The minimum absolute atomic E-state index is 0.0239. The largest absolute Gasteiger partial charge is 0.417 e. The zero-order valence-corrected chi connectivity index (χ0v) is 19.7. The van der Waals surface area contributed by atoms with E-state index in [2.05, 4.69) is 0 Å². The molecular formula is C23H15Cl3F8O. The summed E-state index contributed by atoms with van der Waals surface area (Å²) in [5.74, 6) is -3.39. The van der Waals surface area contributed by atoms with Crippen molar-refractivity contribution in [1.29, 1.82) is 0 Å². The first-order valence-electron chi connectivity index (χ1n) is 9.97. The van der Waals surface area contributed by atoms with Crippen molar-refractivity contribution >= 4 is 46.7 Å². The van der Waals surface area contributed by atoms with Crippen molar-refractivity contribution in [2.75, 3.05) is 0 Å². The molecule has 2 aromatic rings. The Morgan fingerprint density at radius 1 is 0.971 bits per heavy atom. The van der Waals surface area contributed by atoms with Gasteiger partial charge in [-0.1, -0.05) is 59.1 Å². The van der Waals surface area contributed by atoms with Crippen LogP contribution in [-0.2, 0) is 6.18 Å². The lowest BCUT2D eigenvalue weighted by molar-refractivity contribution is -0.139.